The Bertz CT molecular complexity index is 94.7. The molecule has 2 N–H and O–H groups in total. The summed E-state index contributed by atoms with van der Waals surface area (Å²) in [4.78, 5) is 0. The lowest BCUT2D eigenvalue weighted by Crippen LogP contribution is -2.02. The fourth-order valence-electron chi connectivity index (χ4n) is 0.267. The van der Waals surface area contributed by atoms with Crippen molar-refractivity contribution in [1.82, 2.24) is 10.6 Å². The summed E-state index contributed by atoms with van der Waals surface area (Å²) in [5.41, 5.74) is 0.902. The van der Waals surface area contributed by atoms with Crippen LogP contribution in [-0.2, 0) is 0 Å². The maximum atomic E-state index is 3.67. The maximum absolute atomic E-state index is 3.67. The molecule has 0 aromatic carbocycles. The van der Waals surface area contributed by atoms with Crippen LogP contribution in [0, 0.1) is 0 Å². The molecule has 2 nitrogen and oxygen atoms in total. The Kier molecular flexibility index (Phi) is 3.76. The average molecular weight is 112 g/mol. The predicted octanol–water partition coefficient (Wildman–Crippen LogP) is 0.453. The molecule has 0 rings (SSSR count). The van der Waals surface area contributed by atoms with E-state index in [1.165, 1.54) is 0 Å². The number of allylic oxidation sites excluding steroid dienone is 1. The van der Waals surface area contributed by atoms with Crippen molar-refractivity contribution >= 4 is 0 Å². The van der Waals surface area contributed by atoms with E-state index in [0.29, 0.717) is 0 Å². The van der Waals surface area contributed by atoms with E-state index in [1.807, 2.05) is 26.4 Å². The third kappa shape index (κ3) is 3.28. The first-order valence-electron chi connectivity index (χ1n) is 2.51. The zero-order valence-corrected chi connectivity index (χ0v) is 5.36. The molecule has 0 aliphatic carbocycles. The first-order valence-corrected chi connectivity index (χ1v) is 2.51. The van der Waals surface area contributed by atoms with Crippen LogP contribution in [0.25, 0.3) is 0 Å². The quantitative estimate of drug-likeness (QED) is 0.518. The maximum Gasteiger partial charge on any atom is 0.0278 e. The Labute approximate surface area is 50.3 Å². The summed E-state index contributed by atoms with van der Waals surface area (Å²) in [5.74, 6) is 0. The molecule has 2 heteroatoms. The van der Waals surface area contributed by atoms with Crippen LogP contribution in [0.2, 0.25) is 0 Å². The topological polar surface area (TPSA) is 24.1 Å². The van der Waals surface area contributed by atoms with Gasteiger partial charge in [-0.2, -0.15) is 0 Å². The van der Waals surface area contributed by atoms with Crippen molar-refractivity contribution in [3.05, 3.63) is 24.6 Å². The van der Waals surface area contributed by atoms with Gasteiger partial charge in [0.15, 0.2) is 0 Å². The number of hydrogen-bond acceptors (Lipinski definition) is 2. The van der Waals surface area contributed by atoms with Crippen LogP contribution < -0.4 is 10.6 Å². The molecule has 0 saturated heterocycles. The molecular weight excluding hydrogens is 100 g/mol. The van der Waals surface area contributed by atoms with Crippen LogP contribution in [0.5, 0.6) is 0 Å². The second kappa shape index (κ2) is 4.24. The largest absolute Gasteiger partial charge is 0.394 e. The van der Waals surface area contributed by atoms with Crippen LogP contribution >= 0.6 is 0 Å². The molecule has 0 bridgehead atoms. The van der Waals surface area contributed by atoms with Crippen LogP contribution in [0.3, 0.4) is 0 Å². The molecule has 0 spiro atoms. The van der Waals surface area contributed by atoms with E-state index >= 15 is 0 Å². The lowest BCUT2D eigenvalue weighted by Gasteiger charge is -1.93. The van der Waals surface area contributed by atoms with Crippen LogP contribution in [0.15, 0.2) is 24.6 Å². The highest BCUT2D eigenvalue weighted by Gasteiger charge is 1.73. The van der Waals surface area contributed by atoms with Gasteiger partial charge in [-0.1, -0.05) is 6.58 Å². The van der Waals surface area contributed by atoms with Crippen molar-refractivity contribution in [2.45, 2.75) is 0 Å². The Morgan fingerprint density at radius 1 is 1.50 bits per heavy atom. The van der Waals surface area contributed by atoms with Gasteiger partial charge >= 0.3 is 0 Å². The molecule has 46 valence electrons. The van der Waals surface area contributed by atoms with Crippen LogP contribution in [0.1, 0.15) is 0 Å². The summed E-state index contributed by atoms with van der Waals surface area (Å²) >= 11 is 0. The number of likely N-dealkylation sites (N-methyl/N-ethyl adjacent to an activating group) is 1. The Morgan fingerprint density at radius 2 is 2.12 bits per heavy atom. The minimum absolute atomic E-state index is 0.902. The summed E-state index contributed by atoms with van der Waals surface area (Å²) < 4.78 is 0. The van der Waals surface area contributed by atoms with Crippen molar-refractivity contribution < 1.29 is 0 Å². The zero-order valence-electron chi connectivity index (χ0n) is 5.36. The van der Waals surface area contributed by atoms with Gasteiger partial charge in [0.25, 0.3) is 0 Å². The van der Waals surface area contributed by atoms with E-state index < -0.39 is 0 Å². The first kappa shape index (κ1) is 7.08. The SMILES string of the molecule is C=C(/C=C\NC)NC. The highest BCUT2D eigenvalue weighted by molar-refractivity contribution is 5.10. The molecule has 0 aromatic rings. The molecular formula is C6H12N2. The molecule has 0 saturated carbocycles. The van der Waals surface area contributed by atoms with Crippen LogP contribution in [-0.4, -0.2) is 14.1 Å². The van der Waals surface area contributed by atoms with Gasteiger partial charge < -0.3 is 10.6 Å². The minimum Gasteiger partial charge on any atom is -0.394 e. The van der Waals surface area contributed by atoms with Gasteiger partial charge in [-0.3, -0.25) is 0 Å². The van der Waals surface area contributed by atoms with Gasteiger partial charge in [0.05, 0.1) is 0 Å². The smallest absolute Gasteiger partial charge is 0.0278 e. The van der Waals surface area contributed by atoms with Crippen molar-refractivity contribution in [3.8, 4) is 0 Å². The summed E-state index contributed by atoms with van der Waals surface area (Å²) in [6.45, 7) is 3.67. The molecule has 0 atom stereocenters. The van der Waals surface area contributed by atoms with Gasteiger partial charge in [-0.05, 0) is 12.3 Å². The van der Waals surface area contributed by atoms with Gasteiger partial charge in [0.2, 0.25) is 0 Å². The van der Waals surface area contributed by atoms with Gasteiger partial charge in [0.1, 0.15) is 0 Å². The van der Waals surface area contributed by atoms with Crippen LogP contribution in [0.4, 0.5) is 0 Å². The molecule has 0 amide bonds. The minimum atomic E-state index is 0.902. The standard InChI is InChI=1S/C6H12N2/c1-6(8-3)4-5-7-2/h4-5,7-8H,1H2,2-3H3/b5-4-. The molecule has 0 aliphatic rings. The molecule has 0 heterocycles. The molecule has 0 fully saturated rings. The van der Waals surface area contributed by atoms with Gasteiger partial charge in [0, 0.05) is 19.8 Å². The van der Waals surface area contributed by atoms with Crippen molar-refractivity contribution in [2.75, 3.05) is 14.1 Å². The van der Waals surface area contributed by atoms with E-state index in [1.54, 1.807) is 0 Å². The highest BCUT2D eigenvalue weighted by Crippen LogP contribution is 1.80. The summed E-state index contributed by atoms with van der Waals surface area (Å²) in [7, 11) is 3.68. The van der Waals surface area contributed by atoms with E-state index in [9.17, 15) is 0 Å². The Morgan fingerprint density at radius 3 is 2.50 bits per heavy atom. The average Bonchev–Trinajstić information content (AvgIpc) is 1.83. The first-order chi connectivity index (χ1) is 3.81. The predicted molar refractivity (Wildman–Crippen MR) is 36.4 cm³/mol. The fourth-order valence-corrected chi connectivity index (χ4v) is 0.267. The zero-order chi connectivity index (χ0) is 6.41. The Hall–Kier alpha value is -0.920. The monoisotopic (exact) mass is 112 g/mol. The number of hydrogen-bond donors (Lipinski definition) is 2. The van der Waals surface area contributed by atoms with E-state index in [2.05, 4.69) is 17.2 Å². The second-order valence-electron chi connectivity index (χ2n) is 1.40. The molecule has 0 unspecified atom stereocenters. The molecule has 8 heavy (non-hydrogen) atoms. The van der Waals surface area contributed by atoms with E-state index in [4.69, 9.17) is 0 Å². The Balaban J connectivity index is 3.37. The third-order valence-electron chi connectivity index (χ3n) is 0.772. The highest BCUT2D eigenvalue weighted by atomic mass is 14.8. The number of rotatable bonds is 3. The van der Waals surface area contributed by atoms with E-state index in [0.717, 1.165) is 5.70 Å². The van der Waals surface area contributed by atoms with E-state index in [-0.39, 0.29) is 0 Å². The third-order valence-corrected chi connectivity index (χ3v) is 0.772. The van der Waals surface area contributed by atoms with Gasteiger partial charge in [-0.25, -0.2) is 0 Å². The number of nitrogens with one attached hydrogen (secondary N) is 2. The molecule has 0 radical (unpaired) electrons. The lowest BCUT2D eigenvalue weighted by molar-refractivity contribution is 1.02. The summed E-state index contributed by atoms with van der Waals surface area (Å²) in [5, 5.41) is 5.73. The van der Waals surface area contributed by atoms with Crippen molar-refractivity contribution in [3.63, 3.8) is 0 Å². The molecule has 0 aliphatic heterocycles. The fraction of sp³-hybridized carbons (Fsp3) is 0.333. The summed E-state index contributed by atoms with van der Waals surface area (Å²) in [6, 6.07) is 0. The van der Waals surface area contributed by atoms with Crippen molar-refractivity contribution in [2.24, 2.45) is 0 Å². The lowest BCUT2D eigenvalue weighted by atomic mass is 10.5. The summed E-state index contributed by atoms with van der Waals surface area (Å²) in [6.07, 6.45) is 3.68. The second-order valence-corrected chi connectivity index (χ2v) is 1.40. The van der Waals surface area contributed by atoms with Gasteiger partial charge in [-0.15, -0.1) is 0 Å². The molecule has 0 aromatic heterocycles. The van der Waals surface area contributed by atoms with Crippen molar-refractivity contribution in [1.29, 1.82) is 0 Å². The normalized spacial score (nSPS) is 9.25.